The van der Waals surface area contributed by atoms with Crippen molar-refractivity contribution in [3.63, 3.8) is 0 Å². The van der Waals surface area contributed by atoms with Crippen molar-refractivity contribution >= 4 is 17.4 Å². The number of anilines is 2. The molecule has 1 aromatic heterocycles. The van der Waals surface area contributed by atoms with Crippen LogP contribution in [0.4, 0.5) is 11.5 Å². The van der Waals surface area contributed by atoms with Gasteiger partial charge in [-0.1, -0.05) is 38.1 Å². The van der Waals surface area contributed by atoms with E-state index >= 15 is 0 Å². The molecule has 2 rings (SSSR count). The van der Waals surface area contributed by atoms with Crippen LogP contribution in [-0.4, -0.2) is 10.9 Å². The first-order chi connectivity index (χ1) is 9.61. The Morgan fingerprint density at radius 2 is 1.90 bits per heavy atom. The van der Waals surface area contributed by atoms with Crippen molar-refractivity contribution < 1.29 is 4.79 Å². The lowest BCUT2D eigenvalue weighted by molar-refractivity contribution is 0.102. The highest BCUT2D eigenvalue weighted by Gasteiger charge is 2.12. The maximum absolute atomic E-state index is 12.2. The second-order valence-electron chi connectivity index (χ2n) is 4.75. The van der Waals surface area contributed by atoms with Crippen LogP contribution in [0.25, 0.3) is 0 Å². The zero-order chi connectivity index (χ0) is 14.5. The highest BCUT2D eigenvalue weighted by atomic mass is 16.1. The number of aromatic nitrogens is 1. The Morgan fingerprint density at radius 1 is 1.15 bits per heavy atom. The fourth-order valence-electron chi connectivity index (χ4n) is 1.94. The van der Waals surface area contributed by atoms with Crippen molar-refractivity contribution in [2.75, 3.05) is 10.7 Å². The second kappa shape index (κ2) is 6.16. The van der Waals surface area contributed by atoms with Crippen LogP contribution in [0.15, 0.2) is 42.5 Å². The average Bonchev–Trinajstić information content (AvgIpc) is 2.47. The molecule has 4 N–H and O–H groups in total. The number of nitrogens with two attached hydrogens (primary N) is 1. The number of amides is 1. The van der Waals surface area contributed by atoms with Crippen molar-refractivity contribution in [1.29, 1.82) is 0 Å². The molecule has 1 amide bonds. The smallest absolute Gasteiger partial charge is 0.274 e. The number of para-hydroxylation sites is 1. The van der Waals surface area contributed by atoms with Gasteiger partial charge in [0.25, 0.3) is 5.91 Å². The van der Waals surface area contributed by atoms with Crippen LogP contribution in [0.5, 0.6) is 0 Å². The maximum atomic E-state index is 12.2. The summed E-state index contributed by atoms with van der Waals surface area (Å²) < 4.78 is 0. The number of rotatable bonds is 4. The molecule has 0 spiro atoms. The molecule has 0 unspecified atom stereocenters. The highest BCUT2D eigenvalue weighted by Crippen LogP contribution is 2.24. The first kappa shape index (κ1) is 14.0. The summed E-state index contributed by atoms with van der Waals surface area (Å²) in [5, 5.41) is 2.89. The van der Waals surface area contributed by atoms with Crippen molar-refractivity contribution in [3.05, 3.63) is 53.7 Å². The molecule has 2 aromatic rings. The Labute approximate surface area is 118 Å². The molecule has 20 heavy (non-hydrogen) atoms. The van der Waals surface area contributed by atoms with Crippen molar-refractivity contribution in [3.8, 4) is 0 Å². The van der Waals surface area contributed by atoms with Crippen LogP contribution >= 0.6 is 0 Å². The van der Waals surface area contributed by atoms with E-state index in [4.69, 9.17) is 5.84 Å². The number of carbonyl (C=O) groups excluding carboxylic acids is 1. The first-order valence-electron chi connectivity index (χ1n) is 6.45. The zero-order valence-corrected chi connectivity index (χ0v) is 11.6. The van der Waals surface area contributed by atoms with Gasteiger partial charge in [0.2, 0.25) is 0 Å². The molecule has 1 heterocycles. The molecule has 0 aliphatic rings. The van der Waals surface area contributed by atoms with E-state index in [1.54, 1.807) is 18.2 Å². The second-order valence-corrected chi connectivity index (χ2v) is 4.75. The lowest BCUT2D eigenvalue weighted by Gasteiger charge is -2.13. The summed E-state index contributed by atoms with van der Waals surface area (Å²) in [6.07, 6.45) is 0. The van der Waals surface area contributed by atoms with Gasteiger partial charge in [-0.2, -0.15) is 0 Å². The average molecular weight is 270 g/mol. The lowest BCUT2D eigenvalue weighted by atomic mass is 10.0. The van der Waals surface area contributed by atoms with E-state index in [-0.39, 0.29) is 5.91 Å². The molecule has 0 saturated heterocycles. The number of nitrogen functional groups attached to an aromatic ring is 1. The molecule has 5 heteroatoms. The molecule has 0 saturated carbocycles. The van der Waals surface area contributed by atoms with Gasteiger partial charge in [0.05, 0.1) is 0 Å². The predicted molar refractivity (Wildman–Crippen MR) is 80.5 cm³/mol. The third kappa shape index (κ3) is 3.13. The normalized spacial score (nSPS) is 10.4. The monoisotopic (exact) mass is 270 g/mol. The van der Waals surface area contributed by atoms with E-state index in [1.165, 1.54) is 0 Å². The molecule has 104 valence electrons. The van der Waals surface area contributed by atoms with Crippen molar-refractivity contribution in [2.45, 2.75) is 19.8 Å². The Bertz CT molecular complexity index is 610. The van der Waals surface area contributed by atoms with Gasteiger partial charge in [-0.25, -0.2) is 10.8 Å². The molecule has 0 atom stereocenters. The summed E-state index contributed by atoms with van der Waals surface area (Å²) in [7, 11) is 0. The van der Waals surface area contributed by atoms with Gasteiger partial charge in [-0.15, -0.1) is 0 Å². The minimum atomic E-state index is -0.254. The third-order valence-electron chi connectivity index (χ3n) is 2.96. The summed E-state index contributed by atoms with van der Waals surface area (Å²) >= 11 is 0. The number of benzene rings is 1. The number of hydrogen-bond acceptors (Lipinski definition) is 4. The van der Waals surface area contributed by atoms with Gasteiger partial charge >= 0.3 is 0 Å². The molecule has 0 radical (unpaired) electrons. The number of hydrogen-bond donors (Lipinski definition) is 3. The molecule has 0 aliphatic heterocycles. The van der Waals surface area contributed by atoms with Crippen LogP contribution in [-0.2, 0) is 0 Å². The van der Waals surface area contributed by atoms with Gasteiger partial charge in [-0.05, 0) is 29.7 Å². The minimum Gasteiger partial charge on any atom is -0.320 e. The predicted octanol–water partition coefficient (Wildman–Crippen LogP) is 2.74. The largest absolute Gasteiger partial charge is 0.320 e. The van der Waals surface area contributed by atoms with E-state index in [0.717, 1.165) is 11.3 Å². The van der Waals surface area contributed by atoms with E-state index in [0.29, 0.717) is 17.4 Å². The van der Waals surface area contributed by atoms with E-state index in [1.807, 2.05) is 24.3 Å². The Morgan fingerprint density at radius 3 is 2.60 bits per heavy atom. The van der Waals surface area contributed by atoms with Crippen LogP contribution in [0, 0.1) is 0 Å². The number of carbonyl (C=O) groups is 1. The molecule has 0 aliphatic carbocycles. The molecule has 5 nitrogen and oxygen atoms in total. The molecular weight excluding hydrogens is 252 g/mol. The summed E-state index contributed by atoms with van der Waals surface area (Å²) in [4.78, 5) is 16.3. The molecule has 1 aromatic carbocycles. The van der Waals surface area contributed by atoms with Crippen LogP contribution in [0.2, 0.25) is 0 Å². The van der Waals surface area contributed by atoms with Crippen molar-refractivity contribution in [1.82, 2.24) is 4.98 Å². The lowest BCUT2D eigenvalue weighted by Crippen LogP contribution is -2.17. The van der Waals surface area contributed by atoms with Gasteiger partial charge < -0.3 is 10.7 Å². The Kier molecular flexibility index (Phi) is 4.32. The summed E-state index contributed by atoms with van der Waals surface area (Å²) in [6, 6.07) is 12.8. The number of nitrogens with zero attached hydrogens (tertiary/aromatic N) is 1. The fourth-order valence-corrected chi connectivity index (χ4v) is 1.94. The first-order valence-corrected chi connectivity index (χ1v) is 6.45. The zero-order valence-electron chi connectivity index (χ0n) is 11.6. The summed E-state index contributed by atoms with van der Waals surface area (Å²) in [6.45, 7) is 4.17. The van der Waals surface area contributed by atoms with Gasteiger partial charge in [0, 0.05) is 5.69 Å². The quantitative estimate of drug-likeness (QED) is 0.589. The van der Waals surface area contributed by atoms with Crippen LogP contribution in [0.3, 0.4) is 0 Å². The van der Waals surface area contributed by atoms with Gasteiger partial charge in [0.1, 0.15) is 11.5 Å². The van der Waals surface area contributed by atoms with E-state index in [9.17, 15) is 4.79 Å². The highest BCUT2D eigenvalue weighted by molar-refractivity contribution is 6.03. The van der Waals surface area contributed by atoms with E-state index in [2.05, 4.69) is 29.6 Å². The number of hydrazine groups is 1. The standard InChI is InChI=1S/C15H18N4O/c1-10(2)11-6-3-4-7-12(11)18-15(20)13-8-5-9-14(17-13)19-16/h3-10H,16H2,1-2H3,(H,17,19)(H,18,20). The number of nitrogens with one attached hydrogen (secondary N) is 2. The number of pyridine rings is 1. The fraction of sp³-hybridized carbons (Fsp3) is 0.200. The van der Waals surface area contributed by atoms with Crippen LogP contribution < -0.4 is 16.6 Å². The van der Waals surface area contributed by atoms with Gasteiger partial charge in [-0.3, -0.25) is 4.79 Å². The topological polar surface area (TPSA) is 80.0 Å². The van der Waals surface area contributed by atoms with E-state index < -0.39 is 0 Å². The molecule has 0 fully saturated rings. The Hall–Kier alpha value is -2.40. The molecule has 0 bridgehead atoms. The summed E-state index contributed by atoms with van der Waals surface area (Å²) in [5.74, 6) is 5.82. The Balaban J connectivity index is 2.23. The minimum absolute atomic E-state index is 0.254. The summed E-state index contributed by atoms with van der Waals surface area (Å²) in [5.41, 5.74) is 4.64. The van der Waals surface area contributed by atoms with Gasteiger partial charge in [0.15, 0.2) is 0 Å². The maximum Gasteiger partial charge on any atom is 0.274 e. The van der Waals surface area contributed by atoms with Crippen LogP contribution in [0.1, 0.15) is 35.8 Å². The van der Waals surface area contributed by atoms with Crippen molar-refractivity contribution in [2.24, 2.45) is 5.84 Å². The third-order valence-corrected chi connectivity index (χ3v) is 2.96. The molecular formula is C15H18N4O. The SMILES string of the molecule is CC(C)c1ccccc1NC(=O)c1cccc(NN)n1.